The van der Waals surface area contributed by atoms with Crippen molar-refractivity contribution in [2.24, 2.45) is 0 Å². The van der Waals surface area contributed by atoms with E-state index in [9.17, 15) is 9.59 Å². The highest BCUT2D eigenvalue weighted by Gasteiger charge is 2.32. The summed E-state index contributed by atoms with van der Waals surface area (Å²) in [6, 6.07) is 7.84. The van der Waals surface area contributed by atoms with Crippen molar-refractivity contribution in [3.05, 3.63) is 56.9 Å². The van der Waals surface area contributed by atoms with E-state index in [0.717, 1.165) is 29.3 Å². The predicted octanol–water partition coefficient (Wildman–Crippen LogP) is 5.48. The first-order valence-electron chi connectivity index (χ1n) is 9.16. The van der Waals surface area contributed by atoms with Crippen LogP contribution in [0.4, 0.5) is 0 Å². The molecule has 0 fully saturated rings. The van der Waals surface area contributed by atoms with Crippen molar-refractivity contribution in [2.75, 3.05) is 6.54 Å². The summed E-state index contributed by atoms with van der Waals surface area (Å²) in [5, 5.41) is 0. The number of rotatable bonds is 5. The molecule has 2 aromatic rings. The average molecular weight is 418 g/mol. The lowest BCUT2D eigenvalue weighted by atomic mass is 9.94. The number of benzene rings is 1. The van der Waals surface area contributed by atoms with Gasteiger partial charge < -0.3 is 9.32 Å². The zero-order valence-corrected chi connectivity index (χ0v) is 17.1. The lowest BCUT2D eigenvalue weighted by molar-refractivity contribution is 0.0654. The molecule has 4 nitrogen and oxygen atoms in total. The van der Waals surface area contributed by atoms with Crippen molar-refractivity contribution in [3.8, 4) is 0 Å². The Bertz CT molecular complexity index is 840. The number of aryl methyl sites for hydroxylation is 1. The SMILES string of the molecule is CCCN(C(=O)c1oc2c(c1C)C(=O)CCC2)C(C)c1ccccc1Br. The molecular formula is C21H24BrNO3. The number of hydrogen-bond acceptors (Lipinski definition) is 3. The van der Waals surface area contributed by atoms with E-state index in [0.29, 0.717) is 35.6 Å². The molecule has 0 aliphatic heterocycles. The monoisotopic (exact) mass is 417 g/mol. The summed E-state index contributed by atoms with van der Waals surface area (Å²) in [5.41, 5.74) is 2.37. The minimum absolute atomic E-state index is 0.0902. The van der Waals surface area contributed by atoms with Gasteiger partial charge in [0.05, 0.1) is 11.6 Å². The van der Waals surface area contributed by atoms with Crippen LogP contribution in [0, 0.1) is 6.92 Å². The van der Waals surface area contributed by atoms with Crippen molar-refractivity contribution >= 4 is 27.6 Å². The number of Topliss-reactive ketones (excluding diaryl/α,β-unsaturated/α-hetero) is 1. The molecule has 5 heteroatoms. The van der Waals surface area contributed by atoms with Crippen LogP contribution in [-0.4, -0.2) is 23.1 Å². The molecule has 0 N–H and O–H groups in total. The highest BCUT2D eigenvalue weighted by molar-refractivity contribution is 9.10. The molecule has 1 aromatic heterocycles. The van der Waals surface area contributed by atoms with Gasteiger partial charge in [-0.05, 0) is 38.3 Å². The minimum Gasteiger partial charge on any atom is -0.455 e. The van der Waals surface area contributed by atoms with E-state index in [1.807, 2.05) is 43.0 Å². The van der Waals surface area contributed by atoms with Crippen LogP contribution in [0.3, 0.4) is 0 Å². The van der Waals surface area contributed by atoms with E-state index in [2.05, 4.69) is 22.9 Å². The average Bonchev–Trinajstić information content (AvgIpc) is 2.97. The maximum absolute atomic E-state index is 13.3. The standard InChI is InChI=1S/C21H24BrNO3/c1-4-12-23(14(3)15-8-5-6-9-16(15)22)21(25)20-13(2)19-17(24)10-7-11-18(19)26-20/h5-6,8-9,14H,4,7,10-12H2,1-3H3. The molecule has 1 unspecified atom stereocenters. The number of furan rings is 1. The first-order valence-corrected chi connectivity index (χ1v) is 9.95. The Kier molecular flexibility index (Phi) is 5.66. The van der Waals surface area contributed by atoms with Gasteiger partial charge in [-0.25, -0.2) is 0 Å². The Morgan fingerprint density at radius 1 is 1.31 bits per heavy atom. The number of hydrogen-bond donors (Lipinski definition) is 0. The lowest BCUT2D eigenvalue weighted by Gasteiger charge is -2.29. The van der Waals surface area contributed by atoms with Gasteiger partial charge in [0.1, 0.15) is 5.76 Å². The second-order valence-corrected chi connectivity index (χ2v) is 7.68. The van der Waals surface area contributed by atoms with Crippen molar-refractivity contribution < 1.29 is 14.0 Å². The molecule has 1 aliphatic rings. The first kappa shape index (κ1) is 18.9. The van der Waals surface area contributed by atoms with Crippen LogP contribution in [0.25, 0.3) is 0 Å². The molecule has 1 aliphatic carbocycles. The third-order valence-corrected chi connectivity index (χ3v) is 5.77. The van der Waals surface area contributed by atoms with Crippen LogP contribution < -0.4 is 0 Å². The summed E-state index contributed by atoms with van der Waals surface area (Å²) in [4.78, 5) is 27.4. The Morgan fingerprint density at radius 2 is 2.04 bits per heavy atom. The molecule has 138 valence electrons. The van der Waals surface area contributed by atoms with Gasteiger partial charge in [-0.3, -0.25) is 9.59 Å². The summed E-state index contributed by atoms with van der Waals surface area (Å²) in [6.45, 7) is 6.53. The zero-order chi connectivity index (χ0) is 18.8. The second kappa shape index (κ2) is 7.78. The van der Waals surface area contributed by atoms with E-state index < -0.39 is 0 Å². The summed E-state index contributed by atoms with van der Waals surface area (Å²) in [5.74, 6) is 0.937. The molecule has 0 saturated carbocycles. The molecule has 1 amide bonds. The van der Waals surface area contributed by atoms with E-state index in [1.54, 1.807) is 0 Å². The van der Waals surface area contributed by atoms with Crippen LogP contribution in [0.5, 0.6) is 0 Å². The second-order valence-electron chi connectivity index (χ2n) is 6.83. The fraction of sp³-hybridized carbons (Fsp3) is 0.429. The molecule has 26 heavy (non-hydrogen) atoms. The summed E-state index contributed by atoms with van der Waals surface area (Å²) in [7, 11) is 0. The molecular weight excluding hydrogens is 394 g/mol. The molecule has 1 aromatic carbocycles. The zero-order valence-electron chi connectivity index (χ0n) is 15.5. The van der Waals surface area contributed by atoms with Crippen molar-refractivity contribution in [2.45, 2.75) is 52.5 Å². The van der Waals surface area contributed by atoms with E-state index in [1.165, 1.54) is 0 Å². The molecule has 0 bridgehead atoms. The molecule has 1 atom stereocenters. The first-order chi connectivity index (χ1) is 12.5. The van der Waals surface area contributed by atoms with Crippen LogP contribution in [0.15, 0.2) is 33.2 Å². The van der Waals surface area contributed by atoms with Gasteiger partial charge in [0.15, 0.2) is 11.5 Å². The normalized spacial score (nSPS) is 14.8. The minimum atomic E-state index is -0.144. The molecule has 3 rings (SSSR count). The third kappa shape index (κ3) is 3.37. The summed E-state index contributed by atoms with van der Waals surface area (Å²) >= 11 is 3.58. The topological polar surface area (TPSA) is 50.5 Å². The van der Waals surface area contributed by atoms with Crippen LogP contribution in [0.1, 0.15) is 77.0 Å². The van der Waals surface area contributed by atoms with Crippen molar-refractivity contribution in [3.63, 3.8) is 0 Å². The van der Waals surface area contributed by atoms with E-state index in [4.69, 9.17) is 4.42 Å². The van der Waals surface area contributed by atoms with Crippen LogP contribution >= 0.6 is 15.9 Å². The summed E-state index contributed by atoms with van der Waals surface area (Å²) < 4.78 is 6.87. The van der Waals surface area contributed by atoms with Crippen molar-refractivity contribution in [1.82, 2.24) is 4.90 Å². The summed E-state index contributed by atoms with van der Waals surface area (Å²) in [6.07, 6.45) is 2.90. The number of nitrogens with zero attached hydrogens (tertiary/aromatic N) is 1. The Labute approximate surface area is 162 Å². The maximum Gasteiger partial charge on any atom is 0.290 e. The number of ketones is 1. The maximum atomic E-state index is 13.3. The Hall–Kier alpha value is -1.88. The van der Waals surface area contributed by atoms with E-state index >= 15 is 0 Å². The Balaban J connectivity index is 1.98. The van der Waals surface area contributed by atoms with E-state index in [-0.39, 0.29) is 17.7 Å². The number of carbonyl (C=O) groups is 2. The molecule has 0 radical (unpaired) electrons. The fourth-order valence-electron chi connectivity index (χ4n) is 3.68. The van der Waals surface area contributed by atoms with Gasteiger partial charge in [0, 0.05) is 29.4 Å². The highest BCUT2D eigenvalue weighted by atomic mass is 79.9. The number of halogens is 1. The van der Waals surface area contributed by atoms with Gasteiger partial charge in [-0.1, -0.05) is 41.1 Å². The molecule has 1 heterocycles. The van der Waals surface area contributed by atoms with Gasteiger partial charge >= 0.3 is 0 Å². The fourth-order valence-corrected chi connectivity index (χ4v) is 4.29. The number of carbonyl (C=O) groups excluding carboxylic acids is 2. The quantitative estimate of drug-likeness (QED) is 0.646. The van der Waals surface area contributed by atoms with Crippen LogP contribution in [-0.2, 0) is 6.42 Å². The lowest BCUT2D eigenvalue weighted by Crippen LogP contribution is -2.34. The number of amides is 1. The number of fused-ring (bicyclic) bond motifs is 1. The molecule has 0 spiro atoms. The largest absolute Gasteiger partial charge is 0.455 e. The highest BCUT2D eigenvalue weighted by Crippen LogP contribution is 2.33. The Morgan fingerprint density at radius 3 is 2.69 bits per heavy atom. The van der Waals surface area contributed by atoms with Gasteiger partial charge in [-0.2, -0.15) is 0 Å². The third-order valence-electron chi connectivity index (χ3n) is 5.05. The van der Waals surface area contributed by atoms with Gasteiger partial charge in [-0.15, -0.1) is 0 Å². The van der Waals surface area contributed by atoms with Gasteiger partial charge in [0.2, 0.25) is 0 Å². The van der Waals surface area contributed by atoms with Gasteiger partial charge in [0.25, 0.3) is 5.91 Å². The molecule has 0 saturated heterocycles. The smallest absolute Gasteiger partial charge is 0.290 e. The predicted molar refractivity (Wildman–Crippen MR) is 105 cm³/mol. The van der Waals surface area contributed by atoms with Crippen LogP contribution in [0.2, 0.25) is 0 Å². The van der Waals surface area contributed by atoms with Crippen molar-refractivity contribution in [1.29, 1.82) is 0 Å².